The number of para-hydroxylation sites is 1. The predicted octanol–water partition coefficient (Wildman–Crippen LogP) is 1.84. The lowest BCUT2D eigenvalue weighted by atomic mass is 10.2. The Kier molecular flexibility index (Phi) is 4.36. The molecule has 3 nitrogen and oxygen atoms in total. The van der Waals surface area contributed by atoms with Gasteiger partial charge in [0.2, 0.25) is 0 Å². The molecule has 1 N–H and O–H groups in total. The minimum Gasteiger partial charge on any atom is -0.366 e. The summed E-state index contributed by atoms with van der Waals surface area (Å²) in [5, 5.41) is 3.94. The molecule has 1 aliphatic heterocycles. The third-order valence-corrected chi connectivity index (χ3v) is 3.49. The van der Waals surface area contributed by atoms with Crippen LogP contribution in [0.25, 0.3) is 0 Å². The minimum atomic E-state index is -0.153. The number of hydrogen-bond donors (Lipinski definition) is 1. The van der Waals surface area contributed by atoms with Crippen molar-refractivity contribution in [3.63, 3.8) is 0 Å². The summed E-state index contributed by atoms with van der Waals surface area (Å²) in [7, 11) is 0. The Balaban J connectivity index is 1.95. The van der Waals surface area contributed by atoms with Crippen molar-refractivity contribution >= 4 is 23.0 Å². The fourth-order valence-electron chi connectivity index (χ4n) is 2.12. The average Bonchev–Trinajstić information content (AvgIpc) is 2.40. The Morgan fingerprint density at radius 2 is 1.94 bits per heavy atom. The fourth-order valence-corrected chi connectivity index (χ4v) is 2.45. The summed E-state index contributed by atoms with van der Waals surface area (Å²) in [5.41, 5.74) is 0.687. The first-order valence-electron chi connectivity index (χ1n) is 6.24. The SMILES string of the molecule is CCNC(=S)N1CCN(c2ccccc2F)CC1. The van der Waals surface area contributed by atoms with Gasteiger partial charge >= 0.3 is 0 Å². The van der Waals surface area contributed by atoms with E-state index < -0.39 is 0 Å². The monoisotopic (exact) mass is 267 g/mol. The largest absolute Gasteiger partial charge is 0.366 e. The number of nitrogens with one attached hydrogen (secondary N) is 1. The van der Waals surface area contributed by atoms with E-state index in [-0.39, 0.29) is 5.82 Å². The van der Waals surface area contributed by atoms with Gasteiger partial charge in [0.1, 0.15) is 5.82 Å². The minimum absolute atomic E-state index is 0.153. The van der Waals surface area contributed by atoms with E-state index in [2.05, 4.69) is 15.1 Å². The van der Waals surface area contributed by atoms with Gasteiger partial charge in [0.05, 0.1) is 5.69 Å². The van der Waals surface area contributed by atoms with Crippen molar-refractivity contribution in [2.24, 2.45) is 0 Å². The Hall–Kier alpha value is -1.36. The van der Waals surface area contributed by atoms with Crippen LogP contribution in [-0.4, -0.2) is 42.7 Å². The summed E-state index contributed by atoms with van der Waals surface area (Å²) in [6.07, 6.45) is 0. The smallest absolute Gasteiger partial charge is 0.169 e. The summed E-state index contributed by atoms with van der Waals surface area (Å²) in [6.45, 7) is 6.13. The van der Waals surface area contributed by atoms with Crippen LogP contribution < -0.4 is 10.2 Å². The molecule has 0 radical (unpaired) electrons. The van der Waals surface area contributed by atoms with Crippen LogP contribution >= 0.6 is 12.2 Å². The lowest BCUT2D eigenvalue weighted by Gasteiger charge is -2.37. The molecule has 0 amide bonds. The highest BCUT2D eigenvalue weighted by molar-refractivity contribution is 7.80. The molecule has 0 saturated carbocycles. The van der Waals surface area contributed by atoms with Gasteiger partial charge in [-0.05, 0) is 31.3 Å². The van der Waals surface area contributed by atoms with E-state index >= 15 is 0 Å². The predicted molar refractivity (Wildman–Crippen MR) is 76.5 cm³/mol. The van der Waals surface area contributed by atoms with E-state index in [0.717, 1.165) is 37.8 Å². The highest BCUT2D eigenvalue weighted by atomic mass is 32.1. The summed E-state index contributed by atoms with van der Waals surface area (Å²) in [4.78, 5) is 4.20. The van der Waals surface area contributed by atoms with Crippen molar-refractivity contribution < 1.29 is 4.39 Å². The molecular formula is C13H18FN3S. The zero-order chi connectivity index (χ0) is 13.0. The molecule has 0 aliphatic carbocycles. The van der Waals surface area contributed by atoms with Gasteiger partial charge in [0.25, 0.3) is 0 Å². The molecule has 2 rings (SSSR count). The molecule has 5 heteroatoms. The lowest BCUT2D eigenvalue weighted by molar-refractivity contribution is 0.379. The molecule has 0 spiro atoms. The van der Waals surface area contributed by atoms with E-state index in [1.165, 1.54) is 6.07 Å². The van der Waals surface area contributed by atoms with Gasteiger partial charge in [-0.2, -0.15) is 0 Å². The first kappa shape index (κ1) is 13.1. The van der Waals surface area contributed by atoms with Crippen LogP contribution in [0.15, 0.2) is 24.3 Å². The van der Waals surface area contributed by atoms with Crippen molar-refractivity contribution in [1.29, 1.82) is 0 Å². The molecule has 0 bridgehead atoms. The lowest BCUT2D eigenvalue weighted by Crippen LogP contribution is -2.51. The molecule has 1 aromatic carbocycles. The van der Waals surface area contributed by atoms with E-state index in [4.69, 9.17) is 12.2 Å². The maximum absolute atomic E-state index is 13.7. The second-order valence-corrected chi connectivity index (χ2v) is 4.65. The highest BCUT2D eigenvalue weighted by Gasteiger charge is 2.20. The molecule has 0 unspecified atom stereocenters. The number of halogens is 1. The van der Waals surface area contributed by atoms with Gasteiger partial charge in [-0.1, -0.05) is 12.1 Å². The van der Waals surface area contributed by atoms with Gasteiger partial charge in [0, 0.05) is 32.7 Å². The number of nitrogens with zero attached hydrogens (tertiary/aromatic N) is 2. The number of benzene rings is 1. The molecule has 1 aromatic rings. The Labute approximate surface area is 113 Å². The normalized spacial score (nSPS) is 15.7. The Bertz CT molecular complexity index is 416. The number of rotatable bonds is 2. The number of hydrogen-bond acceptors (Lipinski definition) is 2. The maximum Gasteiger partial charge on any atom is 0.169 e. The molecule has 1 heterocycles. The van der Waals surface area contributed by atoms with E-state index in [1.54, 1.807) is 6.07 Å². The summed E-state index contributed by atoms with van der Waals surface area (Å²) < 4.78 is 13.7. The summed E-state index contributed by atoms with van der Waals surface area (Å²) >= 11 is 5.28. The van der Waals surface area contributed by atoms with Crippen LogP contribution in [0.1, 0.15) is 6.92 Å². The highest BCUT2D eigenvalue weighted by Crippen LogP contribution is 2.19. The fraction of sp³-hybridized carbons (Fsp3) is 0.462. The van der Waals surface area contributed by atoms with Crippen LogP contribution in [0.4, 0.5) is 10.1 Å². The van der Waals surface area contributed by atoms with Crippen molar-refractivity contribution in [3.8, 4) is 0 Å². The molecule has 1 fully saturated rings. The van der Waals surface area contributed by atoms with Gasteiger partial charge < -0.3 is 15.1 Å². The van der Waals surface area contributed by atoms with Gasteiger partial charge in [-0.25, -0.2) is 4.39 Å². The van der Waals surface area contributed by atoms with E-state index in [1.807, 2.05) is 19.1 Å². The van der Waals surface area contributed by atoms with Crippen LogP contribution in [-0.2, 0) is 0 Å². The van der Waals surface area contributed by atoms with Crippen molar-refractivity contribution in [3.05, 3.63) is 30.1 Å². The first-order valence-corrected chi connectivity index (χ1v) is 6.65. The molecule has 98 valence electrons. The third kappa shape index (κ3) is 2.90. The Morgan fingerprint density at radius 1 is 1.28 bits per heavy atom. The molecule has 18 heavy (non-hydrogen) atoms. The third-order valence-electron chi connectivity index (χ3n) is 3.09. The van der Waals surface area contributed by atoms with E-state index in [9.17, 15) is 4.39 Å². The molecule has 1 saturated heterocycles. The quantitative estimate of drug-likeness (QED) is 0.824. The Morgan fingerprint density at radius 3 is 2.56 bits per heavy atom. The van der Waals surface area contributed by atoms with Gasteiger partial charge in [0.15, 0.2) is 5.11 Å². The molecule has 0 atom stereocenters. The molecule has 1 aliphatic rings. The maximum atomic E-state index is 13.7. The van der Waals surface area contributed by atoms with Gasteiger partial charge in [-0.3, -0.25) is 0 Å². The van der Waals surface area contributed by atoms with Crippen molar-refractivity contribution in [1.82, 2.24) is 10.2 Å². The van der Waals surface area contributed by atoms with Crippen molar-refractivity contribution in [2.45, 2.75) is 6.92 Å². The van der Waals surface area contributed by atoms with E-state index in [0.29, 0.717) is 5.69 Å². The van der Waals surface area contributed by atoms with Crippen LogP contribution in [0, 0.1) is 5.82 Å². The molecular weight excluding hydrogens is 249 g/mol. The zero-order valence-electron chi connectivity index (χ0n) is 10.5. The van der Waals surface area contributed by atoms with Crippen LogP contribution in [0.3, 0.4) is 0 Å². The average molecular weight is 267 g/mol. The second-order valence-electron chi connectivity index (χ2n) is 4.26. The zero-order valence-corrected chi connectivity index (χ0v) is 11.3. The summed E-state index contributed by atoms with van der Waals surface area (Å²) in [5.74, 6) is -0.153. The standard InChI is InChI=1S/C13H18FN3S/c1-2-15-13(18)17-9-7-16(8-10-17)12-6-4-3-5-11(12)14/h3-6H,2,7-10H2,1H3,(H,15,18). The van der Waals surface area contributed by atoms with Crippen LogP contribution in [0.5, 0.6) is 0 Å². The topological polar surface area (TPSA) is 18.5 Å². The van der Waals surface area contributed by atoms with Crippen molar-refractivity contribution in [2.75, 3.05) is 37.6 Å². The molecule has 0 aromatic heterocycles. The number of thiocarbonyl (C=S) groups is 1. The second kappa shape index (κ2) is 6.00. The summed E-state index contributed by atoms with van der Waals surface area (Å²) in [6, 6.07) is 6.92. The first-order chi connectivity index (χ1) is 8.72. The van der Waals surface area contributed by atoms with Gasteiger partial charge in [-0.15, -0.1) is 0 Å². The van der Waals surface area contributed by atoms with Crippen LogP contribution in [0.2, 0.25) is 0 Å². The number of piperazine rings is 1. The number of anilines is 1.